The quantitative estimate of drug-likeness (QED) is 0.113. The minimum atomic E-state index is -0.196. The molecule has 4 amide bonds. The van der Waals surface area contributed by atoms with E-state index in [4.69, 9.17) is 0 Å². The van der Waals surface area contributed by atoms with Crippen molar-refractivity contribution in [1.29, 1.82) is 0 Å². The predicted molar refractivity (Wildman–Crippen MR) is 144 cm³/mol. The SMILES string of the molecule is COC(=O)CCCCCNC(=O)CCCCCNC(=O)CCCCCNC(=O)CCCCCNC(C)=O. The summed E-state index contributed by atoms with van der Waals surface area (Å²) in [6.07, 6.45) is 12.1. The van der Waals surface area contributed by atoms with Gasteiger partial charge in [-0.15, -0.1) is 0 Å². The van der Waals surface area contributed by atoms with Crippen LogP contribution in [0.3, 0.4) is 0 Å². The Kier molecular flexibility index (Phi) is 23.2. The van der Waals surface area contributed by atoms with E-state index in [9.17, 15) is 24.0 Å². The molecule has 0 atom stereocenters. The molecular formula is C27H50N4O6. The molecule has 0 radical (unpaired) electrons. The Labute approximate surface area is 222 Å². The van der Waals surface area contributed by atoms with Crippen LogP contribution in [-0.4, -0.2) is 62.9 Å². The summed E-state index contributed by atoms with van der Waals surface area (Å²) in [4.78, 5) is 57.3. The molecule has 0 aliphatic rings. The number of unbranched alkanes of at least 4 members (excludes halogenated alkanes) is 8. The van der Waals surface area contributed by atoms with Gasteiger partial charge in [0, 0.05) is 58.8 Å². The predicted octanol–water partition coefficient (Wildman–Crippen LogP) is 2.89. The molecule has 0 heterocycles. The van der Waals surface area contributed by atoms with Gasteiger partial charge in [-0.3, -0.25) is 24.0 Å². The van der Waals surface area contributed by atoms with Crippen LogP contribution < -0.4 is 21.3 Å². The lowest BCUT2D eigenvalue weighted by atomic mass is 10.1. The molecule has 0 bridgehead atoms. The zero-order chi connectivity index (χ0) is 27.6. The van der Waals surface area contributed by atoms with E-state index in [0.717, 1.165) is 77.0 Å². The van der Waals surface area contributed by atoms with Crippen LogP contribution in [0.4, 0.5) is 0 Å². The molecular weight excluding hydrogens is 476 g/mol. The molecule has 37 heavy (non-hydrogen) atoms. The second-order valence-electron chi connectivity index (χ2n) is 9.35. The number of hydrogen-bond acceptors (Lipinski definition) is 6. The first-order chi connectivity index (χ1) is 17.8. The molecule has 0 aromatic rings. The van der Waals surface area contributed by atoms with Gasteiger partial charge in [0.05, 0.1) is 7.11 Å². The molecule has 0 spiro atoms. The average molecular weight is 527 g/mol. The van der Waals surface area contributed by atoms with Crippen LogP contribution in [0.25, 0.3) is 0 Å². The third-order valence-electron chi connectivity index (χ3n) is 5.87. The molecule has 0 saturated heterocycles. The minimum absolute atomic E-state index is 0.0253. The summed E-state index contributed by atoms with van der Waals surface area (Å²) >= 11 is 0. The first-order valence-corrected chi connectivity index (χ1v) is 14.0. The number of carbonyl (C=O) groups excluding carboxylic acids is 5. The van der Waals surface area contributed by atoms with Crippen LogP contribution in [0, 0.1) is 0 Å². The van der Waals surface area contributed by atoms with Gasteiger partial charge in [-0.1, -0.05) is 25.7 Å². The Bertz CT molecular complexity index is 657. The molecule has 0 fully saturated rings. The highest BCUT2D eigenvalue weighted by Crippen LogP contribution is 2.03. The summed E-state index contributed by atoms with van der Waals surface area (Å²) < 4.78 is 4.59. The Hall–Kier alpha value is -2.65. The Balaban J connectivity index is 3.40. The van der Waals surface area contributed by atoms with Crippen LogP contribution in [0.1, 0.15) is 110 Å². The van der Waals surface area contributed by atoms with Gasteiger partial charge in [-0.05, 0) is 51.4 Å². The van der Waals surface area contributed by atoms with E-state index in [-0.39, 0.29) is 29.6 Å². The Morgan fingerprint density at radius 1 is 0.459 bits per heavy atom. The van der Waals surface area contributed by atoms with Crippen molar-refractivity contribution >= 4 is 29.6 Å². The fraction of sp³-hybridized carbons (Fsp3) is 0.815. The average Bonchev–Trinajstić information content (AvgIpc) is 2.87. The summed E-state index contributed by atoms with van der Waals surface area (Å²) in [6.45, 7) is 4.05. The number of amides is 4. The molecule has 10 nitrogen and oxygen atoms in total. The maximum absolute atomic E-state index is 11.9. The second kappa shape index (κ2) is 25.0. The number of rotatable bonds is 24. The maximum atomic E-state index is 11.9. The molecule has 0 aromatic carbocycles. The van der Waals surface area contributed by atoms with Gasteiger partial charge < -0.3 is 26.0 Å². The van der Waals surface area contributed by atoms with Crippen molar-refractivity contribution in [3.05, 3.63) is 0 Å². The van der Waals surface area contributed by atoms with Crippen molar-refractivity contribution in [2.24, 2.45) is 0 Å². The number of ether oxygens (including phenoxy) is 1. The second-order valence-corrected chi connectivity index (χ2v) is 9.35. The number of hydrogen-bond donors (Lipinski definition) is 4. The number of nitrogens with one attached hydrogen (secondary N) is 4. The summed E-state index contributed by atoms with van der Waals surface area (Å²) in [5.41, 5.74) is 0. The van der Waals surface area contributed by atoms with E-state index in [1.54, 1.807) is 0 Å². The molecule has 0 aliphatic carbocycles. The highest BCUT2D eigenvalue weighted by atomic mass is 16.5. The van der Waals surface area contributed by atoms with Crippen LogP contribution in [0.5, 0.6) is 0 Å². The standard InChI is InChI=1S/C27H50N4O6/c1-23(32)28-19-11-3-7-15-24(33)29-20-12-4-8-16-25(34)30-21-13-5-9-17-26(35)31-22-14-6-10-18-27(36)37-2/h3-22H2,1-2H3,(H,28,32)(H,29,33)(H,30,34)(H,31,35). The largest absolute Gasteiger partial charge is 0.469 e. The third kappa shape index (κ3) is 26.2. The monoisotopic (exact) mass is 526 g/mol. The molecule has 10 heteroatoms. The molecule has 0 aromatic heterocycles. The fourth-order valence-electron chi connectivity index (χ4n) is 3.65. The summed E-state index contributed by atoms with van der Waals surface area (Å²) in [5, 5.41) is 11.5. The zero-order valence-corrected chi connectivity index (χ0v) is 23.1. The van der Waals surface area contributed by atoms with Crippen molar-refractivity contribution in [1.82, 2.24) is 21.3 Å². The van der Waals surface area contributed by atoms with Gasteiger partial charge in [0.2, 0.25) is 23.6 Å². The van der Waals surface area contributed by atoms with Gasteiger partial charge in [0.25, 0.3) is 0 Å². The summed E-state index contributed by atoms with van der Waals surface area (Å²) in [5.74, 6) is -0.0665. The minimum Gasteiger partial charge on any atom is -0.469 e. The van der Waals surface area contributed by atoms with Crippen molar-refractivity contribution in [3.8, 4) is 0 Å². The fourth-order valence-corrected chi connectivity index (χ4v) is 3.65. The first-order valence-electron chi connectivity index (χ1n) is 14.0. The van der Waals surface area contributed by atoms with Crippen molar-refractivity contribution < 1.29 is 28.7 Å². The van der Waals surface area contributed by atoms with Gasteiger partial charge >= 0.3 is 5.97 Å². The third-order valence-corrected chi connectivity index (χ3v) is 5.87. The smallest absolute Gasteiger partial charge is 0.305 e. The molecule has 0 rings (SSSR count). The van der Waals surface area contributed by atoms with Gasteiger partial charge in [-0.2, -0.15) is 0 Å². The topological polar surface area (TPSA) is 143 Å². The summed E-state index contributed by atoms with van der Waals surface area (Å²) in [6, 6.07) is 0. The van der Waals surface area contributed by atoms with Crippen molar-refractivity contribution in [2.45, 2.75) is 110 Å². The molecule has 0 aliphatic heterocycles. The Morgan fingerprint density at radius 2 is 0.784 bits per heavy atom. The highest BCUT2D eigenvalue weighted by Gasteiger charge is 2.04. The van der Waals surface area contributed by atoms with E-state index in [1.165, 1.54) is 14.0 Å². The number of carbonyl (C=O) groups is 5. The van der Waals surface area contributed by atoms with Crippen LogP contribution >= 0.6 is 0 Å². The van der Waals surface area contributed by atoms with Gasteiger partial charge in [0.15, 0.2) is 0 Å². The normalized spacial score (nSPS) is 10.4. The van der Waals surface area contributed by atoms with Crippen molar-refractivity contribution in [3.63, 3.8) is 0 Å². The van der Waals surface area contributed by atoms with Crippen LogP contribution in [0.15, 0.2) is 0 Å². The molecule has 0 saturated carbocycles. The van der Waals surface area contributed by atoms with E-state index < -0.39 is 0 Å². The summed E-state index contributed by atoms with van der Waals surface area (Å²) in [7, 11) is 1.38. The van der Waals surface area contributed by atoms with Gasteiger partial charge in [-0.25, -0.2) is 0 Å². The van der Waals surface area contributed by atoms with E-state index in [0.29, 0.717) is 51.9 Å². The van der Waals surface area contributed by atoms with E-state index >= 15 is 0 Å². The van der Waals surface area contributed by atoms with Crippen molar-refractivity contribution in [2.75, 3.05) is 33.3 Å². The van der Waals surface area contributed by atoms with Crippen LogP contribution in [0.2, 0.25) is 0 Å². The van der Waals surface area contributed by atoms with Crippen LogP contribution in [-0.2, 0) is 28.7 Å². The molecule has 0 unspecified atom stereocenters. The lowest BCUT2D eigenvalue weighted by molar-refractivity contribution is -0.140. The molecule has 214 valence electrons. The van der Waals surface area contributed by atoms with Gasteiger partial charge in [0.1, 0.15) is 0 Å². The Morgan fingerprint density at radius 3 is 1.11 bits per heavy atom. The number of methoxy groups -OCH3 is 1. The molecule has 4 N–H and O–H groups in total. The lowest BCUT2D eigenvalue weighted by Gasteiger charge is -2.07. The highest BCUT2D eigenvalue weighted by molar-refractivity contribution is 5.76. The van der Waals surface area contributed by atoms with E-state index in [2.05, 4.69) is 26.0 Å². The van der Waals surface area contributed by atoms with E-state index in [1.807, 2.05) is 0 Å². The zero-order valence-electron chi connectivity index (χ0n) is 23.1. The lowest BCUT2D eigenvalue weighted by Crippen LogP contribution is -2.25. The number of esters is 1. The maximum Gasteiger partial charge on any atom is 0.305 e. The first kappa shape index (κ1) is 34.4.